The van der Waals surface area contributed by atoms with Crippen LogP contribution < -0.4 is 5.32 Å². The highest BCUT2D eigenvalue weighted by molar-refractivity contribution is 7.12. The Morgan fingerprint density at radius 1 is 1.15 bits per heavy atom. The van der Waals surface area contributed by atoms with Gasteiger partial charge in [0.1, 0.15) is 18.0 Å². The summed E-state index contributed by atoms with van der Waals surface area (Å²) in [5, 5.41) is 3.97. The highest BCUT2D eigenvalue weighted by Gasteiger charge is 2.05. The summed E-state index contributed by atoms with van der Waals surface area (Å²) < 4.78 is 13.3. The van der Waals surface area contributed by atoms with Crippen LogP contribution in [0.4, 0.5) is 10.2 Å². The maximum absolute atomic E-state index is 13.3. The molecule has 0 saturated heterocycles. The molecule has 2 heterocycles. The van der Waals surface area contributed by atoms with E-state index >= 15 is 0 Å². The number of fused-ring (bicyclic) bond motifs is 1. The Kier molecular flexibility index (Phi) is 3.60. The molecule has 0 spiro atoms. The number of aryl methyl sites for hydroxylation is 1. The lowest BCUT2D eigenvalue weighted by atomic mass is 10.2. The van der Waals surface area contributed by atoms with E-state index in [0.717, 1.165) is 11.9 Å². The molecule has 0 amide bonds. The monoisotopic (exact) mass is 287 g/mol. The van der Waals surface area contributed by atoms with E-state index in [9.17, 15) is 4.39 Å². The molecule has 0 aliphatic rings. The molecular formula is C15H14FN3S. The minimum Gasteiger partial charge on any atom is -0.365 e. The van der Waals surface area contributed by atoms with Crippen molar-refractivity contribution in [3.05, 3.63) is 52.2 Å². The first-order chi connectivity index (χ1) is 9.76. The zero-order valence-corrected chi connectivity index (χ0v) is 11.9. The first-order valence-corrected chi connectivity index (χ1v) is 7.29. The zero-order valence-electron chi connectivity index (χ0n) is 11.1. The number of anilines is 1. The molecule has 0 atom stereocenters. The summed E-state index contributed by atoms with van der Waals surface area (Å²) in [4.78, 5) is 10.9. The van der Waals surface area contributed by atoms with Gasteiger partial charge in [-0.15, -0.1) is 11.3 Å². The molecule has 20 heavy (non-hydrogen) atoms. The van der Waals surface area contributed by atoms with Crippen LogP contribution in [0.1, 0.15) is 16.7 Å². The molecule has 0 radical (unpaired) electrons. The number of halogens is 1. The lowest BCUT2D eigenvalue weighted by Crippen LogP contribution is -2.01. The van der Waals surface area contributed by atoms with Crippen LogP contribution in [0.15, 0.2) is 36.7 Å². The minimum atomic E-state index is -0.278. The molecule has 1 N–H and O–H groups in total. The number of rotatable bonds is 4. The number of hydrogen-bond donors (Lipinski definition) is 1. The molecule has 3 rings (SSSR count). The van der Waals surface area contributed by atoms with Gasteiger partial charge in [0.25, 0.3) is 0 Å². The van der Waals surface area contributed by atoms with Crippen LogP contribution in [0, 0.1) is 5.82 Å². The van der Waals surface area contributed by atoms with Gasteiger partial charge in [-0.05, 0) is 36.8 Å². The second-order valence-corrected chi connectivity index (χ2v) is 5.71. The third kappa shape index (κ3) is 2.63. The Balaban J connectivity index is 1.85. The quantitative estimate of drug-likeness (QED) is 0.788. The number of hydrogen-bond acceptors (Lipinski definition) is 4. The number of benzene rings is 1. The largest absolute Gasteiger partial charge is 0.365 e. The Labute approximate surface area is 120 Å². The fourth-order valence-corrected chi connectivity index (χ4v) is 2.95. The first-order valence-electron chi connectivity index (χ1n) is 6.48. The van der Waals surface area contributed by atoms with Crippen molar-refractivity contribution >= 4 is 28.1 Å². The van der Waals surface area contributed by atoms with E-state index in [2.05, 4.69) is 34.3 Å². The number of nitrogens with one attached hydrogen (secondary N) is 1. The van der Waals surface area contributed by atoms with Crippen LogP contribution in [0.5, 0.6) is 0 Å². The van der Waals surface area contributed by atoms with E-state index < -0.39 is 0 Å². The summed E-state index contributed by atoms with van der Waals surface area (Å²) in [6, 6.07) is 8.78. The van der Waals surface area contributed by atoms with Crippen LogP contribution >= 0.6 is 11.3 Å². The van der Waals surface area contributed by atoms with Gasteiger partial charge in [-0.25, -0.2) is 14.4 Å². The van der Waals surface area contributed by atoms with E-state index in [1.807, 2.05) is 0 Å². The molecule has 0 fully saturated rings. The average molecular weight is 287 g/mol. The van der Waals surface area contributed by atoms with Crippen molar-refractivity contribution in [1.29, 1.82) is 0 Å². The lowest BCUT2D eigenvalue weighted by molar-refractivity contribution is 0.629. The summed E-state index contributed by atoms with van der Waals surface area (Å²) in [6.07, 6.45) is 2.54. The molecule has 0 unspecified atom stereocenters. The normalized spacial score (nSPS) is 10.9. The van der Waals surface area contributed by atoms with E-state index in [1.54, 1.807) is 17.4 Å². The first kappa shape index (κ1) is 13.0. The van der Waals surface area contributed by atoms with E-state index in [0.29, 0.717) is 17.7 Å². The molecule has 102 valence electrons. The predicted octanol–water partition coefficient (Wildman–Crippen LogP) is 4.00. The highest BCUT2D eigenvalue weighted by Crippen LogP contribution is 2.22. The Morgan fingerprint density at radius 3 is 2.80 bits per heavy atom. The van der Waals surface area contributed by atoms with Crippen molar-refractivity contribution in [3.8, 4) is 0 Å². The van der Waals surface area contributed by atoms with E-state index in [4.69, 9.17) is 0 Å². The lowest BCUT2D eigenvalue weighted by Gasteiger charge is -2.07. The molecule has 3 nitrogen and oxygen atoms in total. The second-order valence-electron chi connectivity index (χ2n) is 4.46. The summed E-state index contributed by atoms with van der Waals surface area (Å²) in [5.74, 6) is 0.390. The Hall–Kier alpha value is -2.01. The van der Waals surface area contributed by atoms with Gasteiger partial charge < -0.3 is 5.32 Å². The molecule has 2 aromatic heterocycles. The minimum absolute atomic E-state index is 0.278. The topological polar surface area (TPSA) is 37.8 Å². The van der Waals surface area contributed by atoms with Crippen molar-refractivity contribution in [2.24, 2.45) is 0 Å². The third-order valence-corrected chi connectivity index (χ3v) is 4.32. The number of aromatic nitrogens is 2. The van der Waals surface area contributed by atoms with Crippen molar-refractivity contribution in [3.63, 3.8) is 0 Å². The predicted molar refractivity (Wildman–Crippen MR) is 80.5 cm³/mol. The van der Waals surface area contributed by atoms with Crippen molar-refractivity contribution in [2.75, 3.05) is 5.32 Å². The van der Waals surface area contributed by atoms with Gasteiger partial charge in [-0.1, -0.05) is 6.92 Å². The van der Waals surface area contributed by atoms with Gasteiger partial charge in [-0.2, -0.15) is 0 Å². The van der Waals surface area contributed by atoms with Gasteiger partial charge in [-0.3, -0.25) is 0 Å². The SMILES string of the molecule is CCc1ccc(CNc2ncnc3ccc(F)cc23)s1. The van der Waals surface area contributed by atoms with Crippen LogP contribution in [0.3, 0.4) is 0 Å². The second kappa shape index (κ2) is 5.54. The third-order valence-electron chi connectivity index (χ3n) is 3.09. The van der Waals surface area contributed by atoms with Gasteiger partial charge in [0.2, 0.25) is 0 Å². The number of thiophene rings is 1. The van der Waals surface area contributed by atoms with Crippen LogP contribution in [0.2, 0.25) is 0 Å². The standard InChI is InChI=1S/C15H14FN3S/c1-2-11-4-5-12(20-11)8-17-15-13-7-10(16)3-6-14(13)18-9-19-15/h3-7,9H,2,8H2,1H3,(H,17,18,19). The molecule has 3 aromatic rings. The Bertz CT molecular complexity index is 739. The van der Waals surface area contributed by atoms with E-state index in [1.165, 1.54) is 28.2 Å². The molecule has 0 aliphatic carbocycles. The average Bonchev–Trinajstić information content (AvgIpc) is 2.93. The van der Waals surface area contributed by atoms with Gasteiger partial charge in [0.05, 0.1) is 12.1 Å². The zero-order chi connectivity index (χ0) is 13.9. The maximum Gasteiger partial charge on any atom is 0.137 e. The van der Waals surface area contributed by atoms with Gasteiger partial charge in [0, 0.05) is 15.1 Å². The van der Waals surface area contributed by atoms with Gasteiger partial charge >= 0.3 is 0 Å². The van der Waals surface area contributed by atoms with Crippen LogP contribution in [0.25, 0.3) is 10.9 Å². The Morgan fingerprint density at radius 2 is 2.00 bits per heavy atom. The summed E-state index contributed by atoms with van der Waals surface area (Å²) in [5.41, 5.74) is 0.740. The number of nitrogens with zero attached hydrogens (tertiary/aromatic N) is 2. The van der Waals surface area contributed by atoms with E-state index in [-0.39, 0.29) is 5.82 Å². The van der Waals surface area contributed by atoms with Crippen LogP contribution in [-0.2, 0) is 13.0 Å². The summed E-state index contributed by atoms with van der Waals surface area (Å²) in [6.45, 7) is 2.83. The maximum atomic E-state index is 13.3. The molecule has 0 aliphatic heterocycles. The highest BCUT2D eigenvalue weighted by atomic mass is 32.1. The fraction of sp³-hybridized carbons (Fsp3) is 0.200. The molecule has 0 saturated carbocycles. The van der Waals surface area contributed by atoms with Crippen molar-refractivity contribution in [2.45, 2.75) is 19.9 Å². The molecular weight excluding hydrogens is 273 g/mol. The molecule has 0 bridgehead atoms. The van der Waals surface area contributed by atoms with Gasteiger partial charge in [0.15, 0.2) is 0 Å². The van der Waals surface area contributed by atoms with Crippen molar-refractivity contribution < 1.29 is 4.39 Å². The summed E-state index contributed by atoms with van der Waals surface area (Å²) in [7, 11) is 0. The smallest absolute Gasteiger partial charge is 0.137 e. The van der Waals surface area contributed by atoms with Crippen molar-refractivity contribution in [1.82, 2.24) is 9.97 Å². The molecule has 5 heteroatoms. The van der Waals surface area contributed by atoms with Crippen LogP contribution in [-0.4, -0.2) is 9.97 Å². The molecule has 1 aromatic carbocycles. The fourth-order valence-electron chi connectivity index (χ4n) is 2.05. The summed E-state index contributed by atoms with van der Waals surface area (Å²) >= 11 is 1.78.